The number of hydrogen-bond acceptors (Lipinski definition) is 5. The van der Waals surface area contributed by atoms with Gasteiger partial charge in [-0.15, -0.1) is 11.3 Å². The number of pyridine rings is 1. The third-order valence-corrected chi connectivity index (χ3v) is 5.52. The molecule has 1 atom stereocenters. The lowest BCUT2D eigenvalue weighted by atomic mass is 9.98. The van der Waals surface area contributed by atoms with E-state index in [1.807, 2.05) is 32.0 Å². The summed E-state index contributed by atoms with van der Waals surface area (Å²) in [7, 11) is 0. The molecule has 1 aliphatic rings. The highest BCUT2D eigenvalue weighted by molar-refractivity contribution is 7.12. The van der Waals surface area contributed by atoms with Crippen LogP contribution < -0.4 is 4.90 Å². The summed E-state index contributed by atoms with van der Waals surface area (Å²) in [6.07, 6.45) is 1.61. The van der Waals surface area contributed by atoms with Crippen LogP contribution in [-0.2, 0) is 4.79 Å². The third-order valence-electron chi connectivity index (χ3n) is 4.65. The number of carbonyl (C=O) groups is 2. The fourth-order valence-electron chi connectivity index (χ4n) is 3.55. The predicted octanol–water partition coefficient (Wildman–Crippen LogP) is 4.54. The zero-order valence-corrected chi connectivity index (χ0v) is 16.2. The molecular formula is C22H18N2O3S. The summed E-state index contributed by atoms with van der Waals surface area (Å²) in [4.78, 5) is 32.5. The van der Waals surface area contributed by atoms with Gasteiger partial charge in [0.25, 0.3) is 5.91 Å². The van der Waals surface area contributed by atoms with E-state index in [-0.39, 0.29) is 11.4 Å². The SMILES string of the molecule is Cc1cc(C)cc(N2C(=O)C(O)=C(C(=O)c3cccs3)C2c2ccccn2)c1. The van der Waals surface area contributed by atoms with Gasteiger partial charge in [0.15, 0.2) is 5.76 Å². The van der Waals surface area contributed by atoms with Crippen molar-refractivity contribution >= 4 is 28.7 Å². The van der Waals surface area contributed by atoms with Crippen molar-refractivity contribution in [1.29, 1.82) is 0 Å². The van der Waals surface area contributed by atoms with Crippen molar-refractivity contribution in [2.45, 2.75) is 19.9 Å². The summed E-state index contributed by atoms with van der Waals surface area (Å²) in [6, 6.07) is 13.7. The number of anilines is 1. The van der Waals surface area contributed by atoms with E-state index in [1.54, 1.807) is 41.9 Å². The Kier molecular flexibility index (Phi) is 4.57. The van der Waals surface area contributed by atoms with Gasteiger partial charge in [-0.1, -0.05) is 18.2 Å². The van der Waals surface area contributed by atoms with Gasteiger partial charge in [0.2, 0.25) is 5.78 Å². The Morgan fingerprint density at radius 1 is 1.11 bits per heavy atom. The first-order chi connectivity index (χ1) is 13.5. The molecule has 1 N–H and O–H groups in total. The molecule has 28 heavy (non-hydrogen) atoms. The predicted molar refractivity (Wildman–Crippen MR) is 109 cm³/mol. The highest BCUT2D eigenvalue weighted by atomic mass is 32.1. The van der Waals surface area contributed by atoms with E-state index in [0.29, 0.717) is 16.3 Å². The molecule has 0 bridgehead atoms. The molecule has 4 rings (SSSR count). The Bertz CT molecular complexity index is 1070. The second kappa shape index (κ2) is 7.05. The standard InChI is InChI=1S/C22H18N2O3S/c1-13-10-14(2)12-15(11-13)24-19(16-6-3-4-8-23-16)18(21(26)22(24)27)20(25)17-7-5-9-28-17/h3-12,19,26H,1-2H3. The number of Topliss-reactive ketones (excluding diaryl/α,β-unsaturated/α-hetero) is 1. The Balaban J connectivity index is 1.90. The number of ketones is 1. The van der Waals surface area contributed by atoms with Gasteiger partial charge in [-0.25, -0.2) is 0 Å². The van der Waals surface area contributed by atoms with Crippen molar-refractivity contribution in [2.24, 2.45) is 0 Å². The highest BCUT2D eigenvalue weighted by Crippen LogP contribution is 2.42. The molecule has 3 heterocycles. The Labute approximate surface area is 166 Å². The van der Waals surface area contributed by atoms with Crippen LogP contribution in [0.5, 0.6) is 0 Å². The number of hydrogen-bond donors (Lipinski definition) is 1. The number of amides is 1. The van der Waals surface area contributed by atoms with Gasteiger partial charge in [0.1, 0.15) is 6.04 Å². The summed E-state index contributed by atoms with van der Waals surface area (Å²) >= 11 is 1.28. The summed E-state index contributed by atoms with van der Waals surface area (Å²) in [5.41, 5.74) is 3.18. The van der Waals surface area contributed by atoms with Crippen LogP contribution in [0.3, 0.4) is 0 Å². The number of thiophene rings is 1. The Hall–Kier alpha value is -3.25. The molecule has 1 aromatic carbocycles. The first-order valence-corrected chi connectivity index (χ1v) is 9.69. The molecule has 1 aliphatic heterocycles. The first kappa shape index (κ1) is 18.1. The molecule has 0 fully saturated rings. The minimum absolute atomic E-state index is 0.0605. The van der Waals surface area contributed by atoms with E-state index in [4.69, 9.17) is 0 Å². The van der Waals surface area contributed by atoms with Gasteiger partial charge in [-0.3, -0.25) is 19.5 Å². The van der Waals surface area contributed by atoms with Gasteiger partial charge < -0.3 is 5.11 Å². The van der Waals surface area contributed by atoms with Crippen LogP contribution in [0.1, 0.15) is 32.5 Å². The second-order valence-electron chi connectivity index (χ2n) is 6.75. The van der Waals surface area contributed by atoms with Crippen LogP contribution >= 0.6 is 11.3 Å². The van der Waals surface area contributed by atoms with Gasteiger partial charge in [0.05, 0.1) is 16.1 Å². The van der Waals surface area contributed by atoms with Crippen LogP contribution in [0.2, 0.25) is 0 Å². The normalized spacial score (nSPS) is 16.7. The number of rotatable bonds is 4. The summed E-state index contributed by atoms with van der Waals surface area (Å²) in [6.45, 7) is 3.88. The van der Waals surface area contributed by atoms with Crippen LogP contribution in [0, 0.1) is 13.8 Å². The van der Waals surface area contributed by atoms with Gasteiger partial charge in [-0.05, 0) is 60.7 Å². The van der Waals surface area contributed by atoms with Crippen molar-refractivity contribution in [3.63, 3.8) is 0 Å². The molecular weight excluding hydrogens is 372 g/mol. The molecule has 3 aromatic rings. The van der Waals surface area contributed by atoms with E-state index in [0.717, 1.165) is 11.1 Å². The summed E-state index contributed by atoms with van der Waals surface area (Å²) in [5.74, 6) is -1.47. The van der Waals surface area contributed by atoms with E-state index >= 15 is 0 Å². The lowest BCUT2D eigenvalue weighted by molar-refractivity contribution is -0.117. The fraction of sp³-hybridized carbons (Fsp3) is 0.136. The third kappa shape index (κ3) is 3.01. The number of aliphatic hydroxyl groups excluding tert-OH is 1. The quantitative estimate of drug-likeness (QED) is 0.664. The minimum Gasteiger partial charge on any atom is -0.503 e. The van der Waals surface area contributed by atoms with Crippen molar-refractivity contribution < 1.29 is 14.7 Å². The second-order valence-corrected chi connectivity index (χ2v) is 7.69. The number of carbonyl (C=O) groups excluding carboxylic acids is 2. The zero-order chi connectivity index (χ0) is 19.8. The number of aliphatic hydroxyl groups is 1. The molecule has 2 aromatic heterocycles. The lowest BCUT2D eigenvalue weighted by Gasteiger charge is -2.26. The Morgan fingerprint density at radius 2 is 1.86 bits per heavy atom. The van der Waals surface area contributed by atoms with Crippen molar-refractivity contribution in [3.05, 3.63) is 93.1 Å². The van der Waals surface area contributed by atoms with Crippen LogP contribution in [0.4, 0.5) is 5.69 Å². The first-order valence-electron chi connectivity index (χ1n) is 8.81. The molecule has 6 heteroatoms. The maximum absolute atomic E-state index is 13.1. The van der Waals surface area contributed by atoms with Gasteiger partial charge >= 0.3 is 0 Å². The van der Waals surface area contributed by atoms with E-state index in [2.05, 4.69) is 4.98 Å². The highest BCUT2D eigenvalue weighted by Gasteiger charge is 2.45. The smallest absolute Gasteiger partial charge is 0.294 e. The van der Waals surface area contributed by atoms with E-state index in [1.165, 1.54) is 16.2 Å². The summed E-state index contributed by atoms with van der Waals surface area (Å²) in [5, 5.41) is 12.5. The maximum atomic E-state index is 13.1. The van der Waals surface area contributed by atoms with E-state index in [9.17, 15) is 14.7 Å². The Morgan fingerprint density at radius 3 is 2.46 bits per heavy atom. The van der Waals surface area contributed by atoms with Crippen LogP contribution in [0.25, 0.3) is 0 Å². The van der Waals surface area contributed by atoms with Gasteiger partial charge in [0, 0.05) is 11.9 Å². The van der Waals surface area contributed by atoms with Crippen LogP contribution in [-0.4, -0.2) is 21.8 Å². The zero-order valence-electron chi connectivity index (χ0n) is 15.4. The molecule has 0 spiro atoms. The number of benzene rings is 1. The average molecular weight is 390 g/mol. The molecule has 140 valence electrons. The minimum atomic E-state index is -0.788. The monoisotopic (exact) mass is 390 g/mol. The van der Waals surface area contributed by atoms with Crippen molar-refractivity contribution in [1.82, 2.24) is 4.98 Å². The fourth-order valence-corrected chi connectivity index (χ4v) is 4.23. The number of aryl methyl sites for hydroxylation is 2. The molecule has 1 unspecified atom stereocenters. The molecule has 0 saturated heterocycles. The van der Waals surface area contributed by atoms with Gasteiger partial charge in [-0.2, -0.15) is 0 Å². The molecule has 5 nitrogen and oxygen atoms in total. The van der Waals surface area contributed by atoms with Crippen molar-refractivity contribution in [2.75, 3.05) is 4.90 Å². The van der Waals surface area contributed by atoms with Crippen molar-refractivity contribution in [3.8, 4) is 0 Å². The summed E-state index contributed by atoms with van der Waals surface area (Å²) < 4.78 is 0. The molecule has 0 saturated carbocycles. The molecule has 0 radical (unpaired) electrons. The average Bonchev–Trinajstić information content (AvgIpc) is 3.29. The van der Waals surface area contributed by atoms with Crippen LogP contribution in [0.15, 0.2) is 71.4 Å². The number of nitrogens with zero attached hydrogens (tertiary/aromatic N) is 2. The largest absolute Gasteiger partial charge is 0.503 e. The molecule has 1 amide bonds. The van der Waals surface area contributed by atoms with E-state index < -0.39 is 17.7 Å². The topological polar surface area (TPSA) is 70.5 Å². The lowest BCUT2D eigenvalue weighted by Crippen LogP contribution is -2.31. The number of aromatic nitrogens is 1. The molecule has 0 aliphatic carbocycles. The maximum Gasteiger partial charge on any atom is 0.294 e.